The van der Waals surface area contributed by atoms with Gasteiger partial charge in [0.1, 0.15) is 23.3 Å². The number of aliphatic hydroxyl groups is 1. The molecule has 0 aromatic rings. The average Bonchev–Trinajstić information content (AvgIpc) is 2.40. The molecule has 0 radical (unpaired) electrons. The van der Waals surface area contributed by atoms with Crippen molar-refractivity contribution in [2.75, 3.05) is 6.61 Å². The molecule has 1 saturated carbocycles. The molecule has 19 heavy (non-hydrogen) atoms. The normalized spacial score (nSPS) is 30.5. The molecule has 0 heterocycles. The Kier molecular flexibility index (Phi) is 3.89. The van der Waals surface area contributed by atoms with Crippen LogP contribution in [0.2, 0.25) is 0 Å². The number of hydrogen-bond acceptors (Lipinski definition) is 5. The molecule has 0 spiro atoms. The maximum atomic E-state index is 12.2. The minimum absolute atomic E-state index is 0.127. The number of carbonyl (C=O) groups excluding carboxylic acids is 2. The Balaban J connectivity index is 2.41. The molecule has 2 aliphatic carbocycles. The highest BCUT2D eigenvalue weighted by Crippen LogP contribution is 2.44. The van der Waals surface area contributed by atoms with E-state index in [1.165, 1.54) is 0 Å². The molecule has 0 saturated heterocycles. The highest BCUT2D eigenvalue weighted by atomic mass is 16.5. The minimum Gasteiger partial charge on any atom is -0.510 e. The van der Waals surface area contributed by atoms with Crippen LogP contribution in [0.25, 0.3) is 0 Å². The smallest absolute Gasteiger partial charge is 0.317 e. The molecule has 0 aromatic carbocycles. The van der Waals surface area contributed by atoms with Gasteiger partial charge in [-0.25, -0.2) is 0 Å². The highest BCUT2D eigenvalue weighted by Gasteiger charge is 2.48. The first-order chi connectivity index (χ1) is 9.11. The largest absolute Gasteiger partial charge is 0.510 e. The van der Waals surface area contributed by atoms with Crippen LogP contribution in [0.15, 0.2) is 11.3 Å². The second-order valence-corrected chi connectivity index (χ2v) is 5.02. The van der Waals surface area contributed by atoms with Crippen LogP contribution >= 0.6 is 0 Å². The number of allylic oxidation sites excluding steroid dienone is 2. The van der Waals surface area contributed by atoms with Crippen molar-refractivity contribution < 1.29 is 19.4 Å². The van der Waals surface area contributed by atoms with Crippen LogP contribution in [0.5, 0.6) is 0 Å². The fourth-order valence-corrected chi connectivity index (χ4v) is 3.19. The Hall–Kier alpha value is -1.83. The van der Waals surface area contributed by atoms with E-state index < -0.39 is 17.7 Å². The monoisotopic (exact) mass is 263 g/mol. The number of nitriles is 1. The number of nitrogens with zero attached hydrogens (tertiary/aromatic N) is 1. The Bertz CT molecular complexity index is 474. The van der Waals surface area contributed by atoms with Gasteiger partial charge in [-0.05, 0) is 25.7 Å². The predicted octanol–water partition coefficient (Wildman–Crippen LogP) is 1.89. The fraction of sp³-hybridized carbons (Fsp3) is 0.643. The molecule has 0 bridgehead atoms. The number of esters is 1. The number of fused-ring (bicyclic) bond motifs is 1. The molecule has 0 amide bonds. The molecule has 2 aliphatic rings. The molecule has 5 nitrogen and oxygen atoms in total. The van der Waals surface area contributed by atoms with Gasteiger partial charge in [-0.1, -0.05) is 12.8 Å². The van der Waals surface area contributed by atoms with Gasteiger partial charge in [-0.3, -0.25) is 9.59 Å². The van der Waals surface area contributed by atoms with Gasteiger partial charge in [0.2, 0.25) is 0 Å². The van der Waals surface area contributed by atoms with E-state index in [4.69, 9.17) is 10.00 Å². The van der Waals surface area contributed by atoms with Gasteiger partial charge in [0.05, 0.1) is 6.61 Å². The molecule has 2 rings (SSSR count). The lowest BCUT2D eigenvalue weighted by atomic mass is 9.65. The molecule has 3 atom stereocenters. The van der Waals surface area contributed by atoms with Crippen LogP contribution in [0.4, 0.5) is 0 Å². The van der Waals surface area contributed by atoms with Gasteiger partial charge in [0, 0.05) is 5.92 Å². The second kappa shape index (κ2) is 5.43. The third kappa shape index (κ3) is 2.23. The first-order valence-electron chi connectivity index (χ1n) is 6.65. The zero-order valence-electron chi connectivity index (χ0n) is 10.9. The summed E-state index contributed by atoms with van der Waals surface area (Å²) in [6, 6.07) is 1.74. The SMILES string of the molecule is CCOC(=O)[C@H]1C(=O)C(C#N)=C(O)[C@H]2CCCC[C@@H]12. The summed E-state index contributed by atoms with van der Waals surface area (Å²) in [6.45, 7) is 1.89. The van der Waals surface area contributed by atoms with Crippen LogP contribution in [-0.4, -0.2) is 23.5 Å². The van der Waals surface area contributed by atoms with Crippen molar-refractivity contribution in [2.24, 2.45) is 17.8 Å². The summed E-state index contributed by atoms with van der Waals surface area (Å²) in [5.74, 6) is -2.67. The number of ketones is 1. The van der Waals surface area contributed by atoms with Gasteiger partial charge in [0.25, 0.3) is 0 Å². The molecule has 0 unspecified atom stereocenters. The van der Waals surface area contributed by atoms with Crippen molar-refractivity contribution in [3.8, 4) is 6.07 Å². The van der Waals surface area contributed by atoms with Gasteiger partial charge < -0.3 is 9.84 Å². The van der Waals surface area contributed by atoms with E-state index in [0.29, 0.717) is 12.8 Å². The van der Waals surface area contributed by atoms with Gasteiger partial charge in [-0.15, -0.1) is 0 Å². The first kappa shape index (κ1) is 13.6. The summed E-state index contributed by atoms with van der Waals surface area (Å²) in [6.07, 6.45) is 3.29. The Labute approximate surface area is 111 Å². The van der Waals surface area contributed by atoms with E-state index in [1.54, 1.807) is 13.0 Å². The first-order valence-corrected chi connectivity index (χ1v) is 6.65. The maximum Gasteiger partial charge on any atom is 0.317 e. The van der Waals surface area contributed by atoms with Crippen LogP contribution in [-0.2, 0) is 14.3 Å². The van der Waals surface area contributed by atoms with E-state index in [0.717, 1.165) is 12.8 Å². The summed E-state index contributed by atoms with van der Waals surface area (Å²) in [5, 5.41) is 19.1. The van der Waals surface area contributed by atoms with Gasteiger partial charge in [-0.2, -0.15) is 5.26 Å². The lowest BCUT2D eigenvalue weighted by Gasteiger charge is -2.38. The van der Waals surface area contributed by atoms with E-state index in [-0.39, 0.29) is 29.8 Å². The zero-order chi connectivity index (χ0) is 14.0. The van der Waals surface area contributed by atoms with Crippen molar-refractivity contribution in [3.05, 3.63) is 11.3 Å². The molecule has 102 valence electrons. The molecule has 1 fully saturated rings. The lowest BCUT2D eigenvalue weighted by molar-refractivity contribution is -0.155. The quantitative estimate of drug-likeness (QED) is 0.607. The summed E-state index contributed by atoms with van der Waals surface area (Å²) < 4.78 is 4.96. The standard InChI is InChI=1S/C14H17NO4/c1-2-19-14(18)11-8-5-3-4-6-9(8)12(16)10(7-15)13(11)17/h8-9,11,16H,2-6H2,1H3/t8-,9+,11-/m1/s1. The molecular formula is C14H17NO4. The number of ether oxygens (including phenoxy) is 1. The Morgan fingerprint density at radius 3 is 2.79 bits per heavy atom. The maximum absolute atomic E-state index is 12.2. The van der Waals surface area contributed by atoms with Crippen molar-refractivity contribution in [1.82, 2.24) is 0 Å². The summed E-state index contributed by atoms with van der Waals surface area (Å²) in [4.78, 5) is 24.2. The Morgan fingerprint density at radius 2 is 2.16 bits per heavy atom. The molecule has 5 heteroatoms. The molecule has 0 aliphatic heterocycles. The molecular weight excluding hydrogens is 246 g/mol. The summed E-state index contributed by atoms with van der Waals surface area (Å²) >= 11 is 0. The average molecular weight is 263 g/mol. The summed E-state index contributed by atoms with van der Waals surface area (Å²) in [7, 11) is 0. The number of carbonyl (C=O) groups is 2. The predicted molar refractivity (Wildman–Crippen MR) is 65.8 cm³/mol. The number of aliphatic hydroxyl groups excluding tert-OH is 1. The molecule has 1 N–H and O–H groups in total. The van der Waals surface area contributed by atoms with Crippen molar-refractivity contribution in [2.45, 2.75) is 32.6 Å². The highest BCUT2D eigenvalue weighted by molar-refractivity contribution is 6.11. The van der Waals surface area contributed by atoms with Crippen molar-refractivity contribution >= 4 is 11.8 Å². The third-order valence-electron chi connectivity index (χ3n) is 4.04. The second-order valence-electron chi connectivity index (χ2n) is 5.02. The van der Waals surface area contributed by atoms with Gasteiger partial charge in [0.15, 0.2) is 5.78 Å². The minimum atomic E-state index is -0.921. The Morgan fingerprint density at radius 1 is 1.47 bits per heavy atom. The van der Waals surface area contributed by atoms with Gasteiger partial charge >= 0.3 is 5.97 Å². The topological polar surface area (TPSA) is 87.4 Å². The fourth-order valence-electron chi connectivity index (χ4n) is 3.19. The van der Waals surface area contributed by atoms with Crippen LogP contribution < -0.4 is 0 Å². The van der Waals surface area contributed by atoms with Crippen molar-refractivity contribution in [1.29, 1.82) is 5.26 Å². The van der Waals surface area contributed by atoms with E-state index >= 15 is 0 Å². The summed E-state index contributed by atoms with van der Waals surface area (Å²) in [5.41, 5.74) is -0.263. The lowest BCUT2D eigenvalue weighted by Crippen LogP contribution is -2.43. The van der Waals surface area contributed by atoms with Crippen molar-refractivity contribution in [3.63, 3.8) is 0 Å². The van der Waals surface area contributed by atoms with E-state index in [9.17, 15) is 14.7 Å². The zero-order valence-corrected chi connectivity index (χ0v) is 10.9. The van der Waals surface area contributed by atoms with Crippen LogP contribution in [0.1, 0.15) is 32.6 Å². The molecule has 0 aromatic heterocycles. The number of rotatable bonds is 2. The van der Waals surface area contributed by atoms with E-state index in [1.807, 2.05) is 0 Å². The van der Waals surface area contributed by atoms with Crippen LogP contribution in [0.3, 0.4) is 0 Å². The third-order valence-corrected chi connectivity index (χ3v) is 4.04. The van der Waals surface area contributed by atoms with Crippen LogP contribution in [0, 0.1) is 29.1 Å². The number of hydrogen-bond donors (Lipinski definition) is 1. The van der Waals surface area contributed by atoms with E-state index in [2.05, 4.69) is 0 Å². The number of Topliss-reactive ketones (excluding diaryl/α,β-unsaturated/α-hetero) is 1.